The lowest BCUT2D eigenvalue weighted by Gasteiger charge is -2.31. The minimum atomic E-state index is -0.767. The number of nitrogens with two attached hydrogens (primary N) is 1. The Bertz CT molecular complexity index is 742. The number of amides is 1. The Hall–Kier alpha value is -1.57. The lowest BCUT2D eigenvalue weighted by molar-refractivity contribution is -0.122. The smallest absolute Gasteiger partial charge is 0.244 e. The van der Waals surface area contributed by atoms with E-state index in [0.717, 1.165) is 42.2 Å². The molecule has 1 aromatic carbocycles. The van der Waals surface area contributed by atoms with Crippen molar-refractivity contribution in [3.8, 4) is 0 Å². The van der Waals surface area contributed by atoms with E-state index >= 15 is 0 Å². The van der Waals surface area contributed by atoms with E-state index in [9.17, 15) is 4.79 Å². The molecule has 1 heterocycles. The van der Waals surface area contributed by atoms with Crippen molar-refractivity contribution in [3.05, 3.63) is 29.5 Å². The minimum Gasteiger partial charge on any atom is -0.324 e. The van der Waals surface area contributed by atoms with Crippen LogP contribution in [-0.2, 0) is 11.8 Å². The van der Waals surface area contributed by atoms with Crippen LogP contribution in [0.4, 0.5) is 5.69 Å². The SMILES string of the molecule is Cn1cnnc1Sc1ccc(NC(=O)C2(N)CCCCC2)cc1Cl. The molecule has 2 aromatic rings. The summed E-state index contributed by atoms with van der Waals surface area (Å²) < 4.78 is 1.82. The molecule has 0 unspecified atom stereocenters. The van der Waals surface area contributed by atoms with Crippen molar-refractivity contribution in [1.82, 2.24) is 14.8 Å². The molecule has 6 nitrogen and oxygen atoms in total. The van der Waals surface area contributed by atoms with Crippen LogP contribution in [-0.4, -0.2) is 26.2 Å². The van der Waals surface area contributed by atoms with Gasteiger partial charge in [0, 0.05) is 17.6 Å². The van der Waals surface area contributed by atoms with Crippen LogP contribution in [0.15, 0.2) is 34.6 Å². The minimum absolute atomic E-state index is 0.132. The van der Waals surface area contributed by atoms with Gasteiger partial charge in [0.15, 0.2) is 5.16 Å². The van der Waals surface area contributed by atoms with Gasteiger partial charge in [0.25, 0.3) is 0 Å². The quantitative estimate of drug-likeness (QED) is 0.868. The average Bonchev–Trinajstić information content (AvgIpc) is 2.96. The molecule has 1 saturated carbocycles. The zero-order chi connectivity index (χ0) is 17.2. The van der Waals surface area contributed by atoms with Crippen molar-refractivity contribution in [3.63, 3.8) is 0 Å². The second kappa shape index (κ2) is 7.13. The molecule has 128 valence electrons. The highest BCUT2D eigenvalue weighted by molar-refractivity contribution is 7.99. The first-order chi connectivity index (χ1) is 11.5. The van der Waals surface area contributed by atoms with E-state index in [-0.39, 0.29) is 5.91 Å². The van der Waals surface area contributed by atoms with Gasteiger partial charge in [0.2, 0.25) is 5.91 Å². The van der Waals surface area contributed by atoms with Crippen LogP contribution < -0.4 is 11.1 Å². The van der Waals surface area contributed by atoms with Crippen LogP contribution in [0, 0.1) is 0 Å². The summed E-state index contributed by atoms with van der Waals surface area (Å²) in [6.45, 7) is 0. The number of aryl methyl sites for hydroxylation is 1. The van der Waals surface area contributed by atoms with E-state index in [1.54, 1.807) is 12.4 Å². The van der Waals surface area contributed by atoms with Crippen LogP contribution in [0.1, 0.15) is 32.1 Å². The Morgan fingerprint density at radius 3 is 2.75 bits per heavy atom. The van der Waals surface area contributed by atoms with Crippen LogP contribution in [0.25, 0.3) is 0 Å². The molecule has 0 aliphatic heterocycles. The first-order valence-electron chi connectivity index (χ1n) is 7.90. The van der Waals surface area contributed by atoms with Crippen LogP contribution in [0.2, 0.25) is 5.02 Å². The van der Waals surface area contributed by atoms with E-state index < -0.39 is 5.54 Å². The molecular weight excluding hydrogens is 346 g/mol. The summed E-state index contributed by atoms with van der Waals surface area (Å²) in [6, 6.07) is 5.43. The lowest BCUT2D eigenvalue weighted by atomic mass is 9.82. The number of nitrogens with zero attached hydrogens (tertiary/aromatic N) is 3. The van der Waals surface area contributed by atoms with E-state index in [1.807, 2.05) is 23.7 Å². The largest absolute Gasteiger partial charge is 0.324 e. The Morgan fingerprint density at radius 1 is 1.38 bits per heavy atom. The molecule has 0 bridgehead atoms. The van der Waals surface area contributed by atoms with Gasteiger partial charge in [-0.2, -0.15) is 0 Å². The maximum absolute atomic E-state index is 12.5. The first-order valence-corrected chi connectivity index (χ1v) is 9.09. The van der Waals surface area contributed by atoms with E-state index in [4.69, 9.17) is 17.3 Å². The fourth-order valence-electron chi connectivity index (χ4n) is 2.79. The Kier molecular flexibility index (Phi) is 5.12. The van der Waals surface area contributed by atoms with Crippen LogP contribution in [0.3, 0.4) is 0 Å². The molecule has 1 aromatic heterocycles. The second-order valence-corrected chi connectivity index (χ2v) is 7.56. The van der Waals surface area contributed by atoms with Crippen molar-refractivity contribution in [1.29, 1.82) is 0 Å². The maximum atomic E-state index is 12.5. The number of nitrogens with one attached hydrogen (secondary N) is 1. The summed E-state index contributed by atoms with van der Waals surface area (Å²) in [5, 5.41) is 12.1. The molecule has 3 rings (SSSR count). The van der Waals surface area contributed by atoms with E-state index in [0.29, 0.717) is 10.7 Å². The molecular formula is C16H20ClN5OS. The molecule has 3 N–H and O–H groups in total. The number of carbonyl (C=O) groups excluding carboxylic acids is 1. The zero-order valence-corrected chi connectivity index (χ0v) is 15.0. The number of hydrogen-bond acceptors (Lipinski definition) is 5. The number of rotatable bonds is 4. The standard InChI is InChI=1S/C16H20ClN5OS/c1-22-10-19-21-15(22)24-13-6-5-11(9-12(13)17)20-14(23)16(18)7-3-2-4-8-16/h5-6,9-10H,2-4,7-8,18H2,1H3,(H,20,23). The molecule has 1 fully saturated rings. The third-order valence-corrected chi connectivity index (χ3v) is 5.81. The summed E-state index contributed by atoms with van der Waals surface area (Å²) >= 11 is 7.76. The summed E-state index contributed by atoms with van der Waals surface area (Å²) in [5.74, 6) is -0.132. The number of hydrogen-bond donors (Lipinski definition) is 2. The number of aromatic nitrogens is 3. The summed E-state index contributed by atoms with van der Waals surface area (Å²) in [7, 11) is 1.87. The van der Waals surface area contributed by atoms with Gasteiger partial charge < -0.3 is 15.6 Å². The highest BCUT2D eigenvalue weighted by atomic mass is 35.5. The van der Waals surface area contributed by atoms with Gasteiger partial charge in [-0.15, -0.1) is 10.2 Å². The fraction of sp³-hybridized carbons (Fsp3) is 0.438. The lowest BCUT2D eigenvalue weighted by Crippen LogP contribution is -2.52. The number of carbonyl (C=O) groups is 1. The number of benzene rings is 1. The fourth-order valence-corrected chi connectivity index (χ4v) is 3.85. The van der Waals surface area contributed by atoms with Gasteiger partial charge >= 0.3 is 0 Å². The Labute approximate surface area is 150 Å². The van der Waals surface area contributed by atoms with E-state index in [1.165, 1.54) is 11.8 Å². The van der Waals surface area contributed by atoms with Gasteiger partial charge in [-0.25, -0.2) is 0 Å². The normalized spacial score (nSPS) is 16.8. The van der Waals surface area contributed by atoms with Gasteiger partial charge in [-0.1, -0.05) is 30.9 Å². The molecule has 1 amide bonds. The number of halogens is 1. The van der Waals surface area contributed by atoms with Crippen LogP contribution >= 0.6 is 23.4 Å². The summed E-state index contributed by atoms with van der Waals surface area (Å²) in [6.07, 6.45) is 6.23. The molecule has 0 spiro atoms. The zero-order valence-electron chi connectivity index (χ0n) is 13.5. The van der Waals surface area contributed by atoms with Crippen LogP contribution in [0.5, 0.6) is 0 Å². The van der Waals surface area contributed by atoms with Crippen molar-refractivity contribution in [2.75, 3.05) is 5.32 Å². The van der Waals surface area contributed by atoms with Gasteiger partial charge in [0.1, 0.15) is 6.33 Å². The number of anilines is 1. The van der Waals surface area contributed by atoms with Gasteiger partial charge in [-0.05, 0) is 42.8 Å². The highest BCUT2D eigenvalue weighted by Gasteiger charge is 2.35. The molecule has 1 aliphatic carbocycles. The highest BCUT2D eigenvalue weighted by Crippen LogP contribution is 2.34. The Balaban J connectivity index is 1.70. The Morgan fingerprint density at radius 2 is 2.12 bits per heavy atom. The third kappa shape index (κ3) is 3.74. The predicted molar refractivity (Wildman–Crippen MR) is 95.2 cm³/mol. The maximum Gasteiger partial charge on any atom is 0.244 e. The first kappa shape index (κ1) is 17.3. The van der Waals surface area contributed by atoms with Crippen molar-refractivity contribution in [2.45, 2.75) is 47.7 Å². The molecule has 8 heteroatoms. The molecule has 0 saturated heterocycles. The average molecular weight is 366 g/mol. The van der Waals surface area contributed by atoms with Gasteiger partial charge in [0.05, 0.1) is 10.6 Å². The van der Waals surface area contributed by atoms with Gasteiger partial charge in [-0.3, -0.25) is 4.79 Å². The summed E-state index contributed by atoms with van der Waals surface area (Å²) in [4.78, 5) is 13.3. The topological polar surface area (TPSA) is 85.8 Å². The molecule has 0 atom stereocenters. The predicted octanol–water partition coefficient (Wildman–Crippen LogP) is 3.22. The van der Waals surface area contributed by atoms with E-state index in [2.05, 4.69) is 15.5 Å². The monoisotopic (exact) mass is 365 g/mol. The third-order valence-electron chi connectivity index (χ3n) is 4.26. The van der Waals surface area contributed by atoms with Crippen molar-refractivity contribution in [2.24, 2.45) is 12.8 Å². The molecule has 1 aliphatic rings. The molecule has 0 radical (unpaired) electrons. The second-order valence-electron chi connectivity index (χ2n) is 6.14. The molecule has 24 heavy (non-hydrogen) atoms. The summed E-state index contributed by atoms with van der Waals surface area (Å²) in [5.41, 5.74) is 6.15. The van der Waals surface area contributed by atoms with Crippen molar-refractivity contribution >= 4 is 35.0 Å². The van der Waals surface area contributed by atoms with Crippen molar-refractivity contribution < 1.29 is 4.79 Å².